The van der Waals surface area contributed by atoms with Crippen molar-refractivity contribution < 1.29 is 19.4 Å². The third-order valence-corrected chi connectivity index (χ3v) is 10.4. The highest BCUT2D eigenvalue weighted by atomic mass is 16.6. The normalized spacial score (nSPS) is 25.6. The Morgan fingerprint density at radius 2 is 1.71 bits per heavy atom. The van der Waals surface area contributed by atoms with Crippen molar-refractivity contribution in [2.75, 3.05) is 39.3 Å². The number of aliphatic hydroxyl groups is 1. The number of amides is 2. The molecule has 5 rings (SSSR count). The molecular formula is C34H51N3O4. The number of piperidine rings is 2. The quantitative estimate of drug-likeness (QED) is 0.428. The number of aliphatic hydroxyl groups excluding tert-OH is 1. The van der Waals surface area contributed by atoms with Gasteiger partial charge in [-0.05, 0) is 69.9 Å². The van der Waals surface area contributed by atoms with Gasteiger partial charge < -0.3 is 19.6 Å². The zero-order valence-corrected chi connectivity index (χ0v) is 25.5. The number of carbonyl (C=O) groups excluding carboxylic acids is 2. The maximum Gasteiger partial charge on any atom is 0.410 e. The van der Waals surface area contributed by atoms with Crippen molar-refractivity contribution in [2.45, 2.75) is 103 Å². The molecule has 4 fully saturated rings. The second kappa shape index (κ2) is 13.3. The number of hydrogen-bond donors (Lipinski definition) is 1. The van der Waals surface area contributed by atoms with Crippen LogP contribution >= 0.6 is 0 Å². The van der Waals surface area contributed by atoms with Crippen LogP contribution in [0.2, 0.25) is 0 Å². The summed E-state index contributed by atoms with van der Waals surface area (Å²) < 4.78 is 6.41. The molecule has 2 atom stereocenters. The molecule has 4 aliphatic rings. The molecule has 1 saturated carbocycles. The highest BCUT2D eigenvalue weighted by Crippen LogP contribution is 2.42. The lowest BCUT2D eigenvalue weighted by Gasteiger charge is -2.52. The van der Waals surface area contributed by atoms with Crippen molar-refractivity contribution in [3.8, 4) is 0 Å². The van der Waals surface area contributed by atoms with Gasteiger partial charge in [-0.3, -0.25) is 9.69 Å². The molecule has 0 radical (unpaired) electrons. The zero-order chi connectivity index (χ0) is 29.0. The van der Waals surface area contributed by atoms with Crippen LogP contribution in [-0.2, 0) is 4.74 Å². The Balaban J connectivity index is 1.19. The molecular weight excluding hydrogens is 514 g/mol. The van der Waals surface area contributed by atoms with Crippen molar-refractivity contribution >= 4 is 12.0 Å². The highest BCUT2D eigenvalue weighted by Gasteiger charge is 2.50. The number of carbonyl (C=O) groups is 2. The summed E-state index contributed by atoms with van der Waals surface area (Å²) in [5.41, 5.74) is 2.53. The van der Waals surface area contributed by atoms with Gasteiger partial charge in [0.2, 0.25) is 0 Å². The largest absolute Gasteiger partial charge is 0.442 e. The van der Waals surface area contributed by atoms with Crippen molar-refractivity contribution in [3.63, 3.8) is 0 Å². The lowest BCUT2D eigenvalue weighted by atomic mass is 9.75. The molecule has 1 aliphatic carbocycles. The average Bonchev–Trinajstić information content (AvgIpc) is 2.96. The Bertz CT molecular complexity index is 1060. The van der Waals surface area contributed by atoms with E-state index in [-0.39, 0.29) is 17.9 Å². The average molecular weight is 566 g/mol. The first-order chi connectivity index (χ1) is 19.8. The maximum absolute atomic E-state index is 13.3. The van der Waals surface area contributed by atoms with Crippen LogP contribution in [0.1, 0.15) is 92.6 Å². The number of rotatable bonds is 7. The molecule has 41 heavy (non-hydrogen) atoms. The standard InChI is InChI=1S/C34H51N3O4/c1-25-9-7-10-26(2)31(25)32(39)36-19-15-30(16-20-36)35-21-17-34(18-22-35)29(14-8-11-27(3)38)24-37(33(40)41-34)23-28-12-5-4-6-13-28/h7-11,27-30,38H,4-6,12-24H2,1-3H3/b11-8+. The van der Waals surface area contributed by atoms with Crippen LogP contribution < -0.4 is 0 Å². The second-order valence-electron chi connectivity index (χ2n) is 13.3. The van der Waals surface area contributed by atoms with Crippen LogP contribution in [0.3, 0.4) is 0 Å². The molecule has 3 saturated heterocycles. The molecule has 2 unspecified atom stereocenters. The summed E-state index contributed by atoms with van der Waals surface area (Å²) in [5.74, 6) is 0.989. The van der Waals surface area contributed by atoms with Crippen molar-refractivity contribution in [3.05, 3.63) is 47.0 Å². The van der Waals surface area contributed by atoms with Crippen LogP contribution in [0.5, 0.6) is 0 Å². The minimum atomic E-state index is -0.468. The Hall–Kier alpha value is -2.38. The van der Waals surface area contributed by atoms with E-state index in [1.165, 1.54) is 32.1 Å². The molecule has 2 amide bonds. The highest BCUT2D eigenvalue weighted by molar-refractivity contribution is 5.97. The number of benzene rings is 1. The van der Waals surface area contributed by atoms with Crippen LogP contribution in [0.25, 0.3) is 0 Å². The van der Waals surface area contributed by atoms with Gasteiger partial charge in [0.1, 0.15) is 5.60 Å². The Morgan fingerprint density at radius 1 is 1.05 bits per heavy atom. The molecule has 7 heteroatoms. The summed E-state index contributed by atoms with van der Waals surface area (Å²) in [6.45, 7) is 10.8. The summed E-state index contributed by atoms with van der Waals surface area (Å²) in [6, 6.07) is 6.53. The molecule has 0 bridgehead atoms. The Labute approximate surface area is 246 Å². The fourth-order valence-corrected chi connectivity index (χ4v) is 7.91. The molecule has 0 aromatic heterocycles. The van der Waals surface area contributed by atoms with E-state index in [2.05, 4.69) is 11.0 Å². The first-order valence-corrected chi connectivity index (χ1v) is 16.2. The number of allylic oxidation sites excluding steroid dienone is 1. The second-order valence-corrected chi connectivity index (χ2v) is 13.3. The van der Waals surface area contributed by atoms with Crippen LogP contribution in [0, 0.1) is 25.7 Å². The van der Waals surface area contributed by atoms with Gasteiger partial charge in [-0.1, -0.05) is 49.6 Å². The number of nitrogens with zero attached hydrogens (tertiary/aromatic N) is 3. The predicted molar refractivity (Wildman–Crippen MR) is 162 cm³/mol. The van der Waals surface area contributed by atoms with Gasteiger partial charge in [-0.25, -0.2) is 4.79 Å². The smallest absolute Gasteiger partial charge is 0.410 e. The fourth-order valence-electron chi connectivity index (χ4n) is 7.91. The molecule has 1 spiro atoms. The van der Waals surface area contributed by atoms with E-state index in [9.17, 15) is 14.7 Å². The van der Waals surface area contributed by atoms with E-state index in [0.29, 0.717) is 12.0 Å². The van der Waals surface area contributed by atoms with Gasteiger partial charge in [-0.15, -0.1) is 0 Å². The SMILES string of the molecule is Cc1cccc(C)c1C(=O)N1CCC(N2CCC3(CC2)OC(=O)N(CC2CCCCC2)CC3C/C=C/C(C)O)CC1. The number of aryl methyl sites for hydroxylation is 2. The molecule has 3 heterocycles. The van der Waals surface area contributed by atoms with Crippen LogP contribution in [0.4, 0.5) is 4.79 Å². The van der Waals surface area contributed by atoms with E-state index >= 15 is 0 Å². The first-order valence-electron chi connectivity index (χ1n) is 16.2. The molecule has 1 aromatic rings. The Morgan fingerprint density at radius 3 is 2.34 bits per heavy atom. The van der Waals surface area contributed by atoms with Crippen LogP contribution in [0.15, 0.2) is 30.4 Å². The zero-order valence-electron chi connectivity index (χ0n) is 25.5. The van der Waals surface area contributed by atoms with E-state index in [4.69, 9.17) is 4.74 Å². The maximum atomic E-state index is 13.3. The number of likely N-dealkylation sites (tertiary alicyclic amines) is 2. The van der Waals surface area contributed by atoms with E-state index < -0.39 is 11.7 Å². The molecule has 1 aromatic carbocycles. The van der Waals surface area contributed by atoms with E-state index in [1.807, 2.05) is 47.9 Å². The van der Waals surface area contributed by atoms with Gasteiger partial charge in [0.25, 0.3) is 5.91 Å². The minimum Gasteiger partial charge on any atom is -0.442 e. The van der Waals surface area contributed by atoms with Gasteiger partial charge in [0.05, 0.1) is 6.10 Å². The predicted octanol–water partition coefficient (Wildman–Crippen LogP) is 5.72. The molecule has 7 nitrogen and oxygen atoms in total. The monoisotopic (exact) mass is 565 g/mol. The molecule has 226 valence electrons. The summed E-state index contributed by atoms with van der Waals surface area (Å²) >= 11 is 0. The lowest BCUT2D eigenvalue weighted by molar-refractivity contribution is -0.124. The Kier molecular flexibility index (Phi) is 9.75. The van der Waals surface area contributed by atoms with Crippen molar-refractivity contribution in [2.24, 2.45) is 11.8 Å². The molecule has 1 N–H and O–H groups in total. The summed E-state index contributed by atoms with van der Waals surface area (Å²) in [6.07, 6.45) is 14.1. The van der Waals surface area contributed by atoms with E-state index in [1.54, 1.807) is 6.92 Å². The van der Waals surface area contributed by atoms with E-state index in [0.717, 1.165) is 88.1 Å². The van der Waals surface area contributed by atoms with Gasteiger partial charge >= 0.3 is 6.09 Å². The van der Waals surface area contributed by atoms with Gasteiger partial charge in [0.15, 0.2) is 0 Å². The fraction of sp³-hybridized carbons (Fsp3) is 0.706. The minimum absolute atomic E-state index is 0.127. The number of ether oxygens (including phenoxy) is 1. The summed E-state index contributed by atoms with van der Waals surface area (Å²) in [7, 11) is 0. The van der Waals surface area contributed by atoms with Crippen LogP contribution in [-0.4, -0.2) is 88.8 Å². The summed E-state index contributed by atoms with van der Waals surface area (Å²) in [4.78, 5) is 33.2. The third-order valence-electron chi connectivity index (χ3n) is 10.4. The summed E-state index contributed by atoms with van der Waals surface area (Å²) in [5, 5.41) is 9.80. The topological polar surface area (TPSA) is 73.3 Å². The number of hydrogen-bond acceptors (Lipinski definition) is 5. The van der Waals surface area contributed by atoms with Gasteiger partial charge in [-0.2, -0.15) is 0 Å². The third kappa shape index (κ3) is 6.99. The van der Waals surface area contributed by atoms with Crippen molar-refractivity contribution in [1.29, 1.82) is 0 Å². The lowest BCUT2D eigenvalue weighted by Crippen LogP contribution is -2.61. The first kappa shape index (κ1) is 30.1. The van der Waals surface area contributed by atoms with Crippen molar-refractivity contribution in [1.82, 2.24) is 14.7 Å². The molecule has 3 aliphatic heterocycles. The van der Waals surface area contributed by atoms with Gasteiger partial charge in [0, 0.05) is 69.6 Å².